The van der Waals surface area contributed by atoms with Crippen molar-refractivity contribution in [2.45, 2.75) is 33.3 Å². The van der Waals surface area contributed by atoms with Crippen LogP contribution in [-0.2, 0) is 6.61 Å². The van der Waals surface area contributed by atoms with E-state index in [1.807, 2.05) is 13.0 Å². The maximum absolute atomic E-state index is 10.9. The third-order valence-electron chi connectivity index (χ3n) is 5.01. The molecule has 0 aliphatic carbocycles. The van der Waals surface area contributed by atoms with E-state index >= 15 is 0 Å². The quantitative estimate of drug-likeness (QED) is 0.499. The van der Waals surface area contributed by atoms with Gasteiger partial charge < -0.3 is 10.2 Å². The van der Waals surface area contributed by atoms with Gasteiger partial charge in [0.2, 0.25) is 0 Å². The number of hydrogen-bond acceptors (Lipinski definition) is 2. The van der Waals surface area contributed by atoms with Crippen molar-refractivity contribution in [3.05, 3.63) is 53.1 Å². The third kappa shape index (κ3) is 1.79. The van der Waals surface area contributed by atoms with Gasteiger partial charge in [0, 0.05) is 16.3 Å². The second kappa shape index (κ2) is 4.84. The Morgan fingerprint density at radius 2 is 1.39 bits per heavy atom. The summed E-state index contributed by atoms with van der Waals surface area (Å²) in [6.07, 6.45) is 0. The van der Waals surface area contributed by atoms with Crippen LogP contribution >= 0.6 is 0 Å². The zero-order valence-corrected chi connectivity index (χ0v) is 13.6. The fraction of sp³-hybridized carbons (Fsp3) is 0.238. The van der Waals surface area contributed by atoms with Crippen molar-refractivity contribution in [3.8, 4) is 5.75 Å². The molecule has 0 aliphatic heterocycles. The van der Waals surface area contributed by atoms with Gasteiger partial charge >= 0.3 is 0 Å². The van der Waals surface area contributed by atoms with E-state index in [4.69, 9.17) is 0 Å². The average molecular weight is 304 g/mol. The van der Waals surface area contributed by atoms with Crippen LogP contribution in [0.5, 0.6) is 5.75 Å². The lowest BCUT2D eigenvalue weighted by molar-refractivity contribution is 0.277. The van der Waals surface area contributed by atoms with Crippen LogP contribution in [0.2, 0.25) is 0 Å². The number of aliphatic hydroxyl groups is 1. The van der Waals surface area contributed by atoms with E-state index in [1.54, 1.807) is 0 Å². The van der Waals surface area contributed by atoms with Crippen LogP contribution in [0.1, 0.15) is 36.5 Å². The fourth-order valence-corrected chi connectivity index (χ4v) is 3.89. The second-order valence-electron chi connectivity index (χ2n) is 6.69. The number of aliphatic hydroxyl groups excluding tert-OH is 1. The predicted octanol–water partition coefficient (Wildman–Crippen LogP) is 5.21. The van der Waals surface area contributed by atoms with Gasteiger partial charge in [0.25, 0.3) is 0 Å². The van der Waals surface area contributed by atoms with Gasteiger partial charge in [-0.2, -0.15) is 0 Å². The minimum Gasteiger partial charge on any atom is -0.507 e. The normalized spacial score (nSPS) is 12.2. The Bertz CT molecular complexity index is 1040. The first-order chi connectivity index (χ1) is 11.0. The van der Waals surface area contributed by atoms with Crippen molar-refractivity contribution in [1.82, 2.24) is 0 Å². The van der Waals surface area contributed by atoms with E-state index in [1.165, 1.54) is 5.56 Å². The van der Waals surface area contributed by atoms with E-state index in [2.05, 4.69) is 44.2 Å². The molecule has 116 valence electrons. The minimum atomic E-state index is -0.158. The number of hydrogen-bond donors (Lipinski definition) is 2. The predicted molar refractivity (Wildman–Crippen MR) is 96.6 cm³/mol. The van der Waals surface area contributed by atoms with Crippen LogP contribution in [0.15, 0.2) is 36.4 Å². The highest BCUT2D eigenvalue weighted by molar-refractivity contribution is 6.26. The molecule has 0 atom stereocenters. The number of benzene rings is 4. The summed E-state index contributed by atoms with van der Waals surface area (Å²) < 4.78 is 0. The molecule has 2 heteroatoms. The molecule has 4 aromatic rings. The number of aromatic hydroxyl groups is 1. The van der Waals surface area contributed by atoms with Crippen LogP contribution in [0.3, 0.4) is 0 Å². The van der Waals surface area contributed by atoms with Gasteiger partial charge in [0.1, 0.15) is 5.75 Å². The van der Waals surface area contributed by atoms with Crippen molar-refractivity contribution in [2.24, 2.45) is 0 Å². The van der Waals surface area contributed by atoms with Crippen molar-refractivity contribution < 1.29 is 10.2 Å². The van der Waals surface area contributed by atoms with Crippen LogP contribution in [0.4, 0.5) is 0 Å². The molecule has 0 bridgehead atoms. The van der Waals surface area contributed by atoms with E-state index in [0.717, 1.165) is 37.9 Å². The summed E-state index contributed by atoms with van der Waals surface area (Å²) in [4.78, 5) is 0. The van der Waals surface area contributed by atoms with E-state index in [9.17, 15) is 10.2 Å². The molecule has 2 nitrogen and oxygen atoms in total. The summed E-state index contributed by atoms with van der Waals surface area (Å²) in [6, 6.07) is 12.6. The van der Waals surface area contributed by atoms with Gasteiger partial charge in [-0.1, -0.05) is 50.2 Å². The molecule has 23 heavy (non-hydrogen) atoms. The Morgan fingerprint density at radius 3 is 2.00 bits per heavy atom. The molecule has 2 N–H and O–H groups in total. The van der Waals surface area contributed by atoms with Gasteiger partial charge in [-0.25, -0.2) is 0 Å². The lowest BCUT2D eigenvalue weighted by Gasteiger charge is -2.21. The SMILES string of the molecule is Cc1ccc2ccc3ccc(C(C)C)c4c(CO)c(O)c1c2c34. The van der Waals surface area contributed by atoms with Crippen LogP contribution < -0.4 is 0 Å². The number of phenols is 1. The topological polar surface area (TPSA) is 40.5 Å². The summed E-state index contributed by atoms with van der Waals surface area (Å²) in [5.41, 5.74) is 2.86. The Morgan fingerprint density at radius 1 is 0.826 bits per heavy atom. The smallest absolute Gasteiger partial charge is 0.129 e. The van der Waals surface area contributed by atoms with E-state index in [0.29, 0.717) is 11.5 Å². The molecule has 0 aromatic heterocycles. The van der Waals surface area contributed by atoms with Crippen molar-refractivity contribution in [1.29, 1.82) is 0 Å². The van der Waals surface area contributed by atoms with Crippen LogP contribution in [0.25, 0.3) is 32.3 Å². The molecule has 0 amide bonds. The first kappa shape index (κ1) is 14.3. The number of aryl methyl sites for hydroxylation is 1. The van der Waals surface area contributed by atoms with E-state index in [-0.39, 0.29) is 12.4 Å². The van der Waals surface area contributed by atoms with Crippen molar-refractivity contribution >= 4 is 32.3 Å². The standard InChI is InChI=1S/C21H20O2/c1-11(2)15-9-8-14-7-6-13-5-4-12(3)17-18(13)19(14)20(15)16(10-22)21(17)23/h4-9,11,22-23H,10H2,1-3H3. The summed E-state index contributed by atoms with van der Waals surface area (Å²) in [5, 5.41) is 27.3. The van der Waals surface area contributed by atoms with Gasteiger partial charge in [-0.15, -0.1) is 0 Å². The van der Waals surface area contributed by atoms with Gasteiger partial charge in [0.15, 0.2) is 0 Å². The van der Waals surface area contributed by atoms with Gasteiger partial charge in [-0.05, 0) is 45.5 Å². The van der Waals surface area contributed by atoms with Gasteiger partial charge in [0.05, 0.1) is 6.61 Å². The Balaban J connectivity index is 2.43. The second-order valence-corrected chi connectivity index (χ2v) is 6.69. The Hall–Kier alpha value is -2.32. The van der Waals surface area contributed by atoms with Crippen molar-refractivity contribution in [3.63, 3.8) is 0 Å². The Labute approximate surface area is 135 Å². The maximum atomic E-state index is 10.9. The van der Waals surface area contributed by atoms with Crippen LogP contribution in [0, 0.1) is 6.92 Å². The highest BCUT2D eigenvalue weighted by Crippen LogP contribution is 2.45. The zero-order valence-electron chi connectivity index (χ0n) is 13.6. The zero-order chi connectivity index (χ0) is 16.3. The lowest BCUT2D eigenvalue weighted by Crippen LogP contribution is -1.99. The minimum absolute atomic E-state index is 0.158. The molecule has 0 aliphatic rings. The first-order valence-electron chi connectivity index (χ1n) is 8.07. The lowest BCUT2D eigenvalue weighted by atomic mass is 9.84. The summed E-state index contributed by atoms with van der Waals surface area (Å²) in [7, 11) is 0. The fourth-order valence-electron chi connectivity index (χ4n) is 3.89. The molecule has 4 rings (SSSR count). The molecule has 0 radical (unpaired) electrons. The summed E-state index contributed by atoms with van der Waals surface area (Å²) in [6.45, 7) is 6.15. The highest BCUT2D eigenvalue weighted by atomic mass is 16.3. The molecule has 0 saturated heterocycles. The maximum Gasteiger partial charge on any atom is 0.129 e. The molecular formula is C21H20O2. The molecule has 0 fully saturated rings. The van der Waals surface area contributed by atoms with Gasteiger partial charge in [-0.3, -0.25) is 0 Å². The van der Waals surface area contributed by atoms with Crippen LogP contribution in [-0.4, -0.2) is 10.2 Å². The average Bonchev–Trinajstić information content (AvgIpc) is 2.54. The molecule has 0 spiro atoms. The molecule has 0 unspecified atom stereocenters. The molecule has 4 aromatic carbocycles. The first-order valence-corrected chi connectivity index (χ1v) is 8.07. The molecular weight excluding hydrogens is 284 g/mol. The van der Waals surface area contributed by atoms with Crippen molar-refractivity contribution in [2.75, 3.05) is 0 Å². The number of rotatable bonds is 2. The monoisotopic (exact) mass is 304 g/mol. The largest absolute Gasteiger partial charge is 0.507 e. The summed E-state index contributed by atoms with van der Waals surface area (Å²) >= 11 is 0. The summed E-state index contributed by atoms with van der Waals surface area (Å²) in [5.74, 6) is 0.550. The molecule has 0 heterocycles. The van der Waals surface area contributed by atoms with E-state index < -0.39 is 0 Å². The Kier molecular flexibility index (Phi) is 3.00. The highest BCUT2D eigenvalue weighted by Gasteiger charge is 2.21. The third-order valence-corrected chi connectivity index (χ3v) is 5.01. The molecule has 0 saturated carbocycles.